The molecule has 0 aromatic carbocycles. The molecule has 1 saturated carbocycles. The molecule has 122 valence electrons. The number of anilines is 1. The number of thiazole rings is 1. The Hall–Kier alpha value is -2.81. The minimum atomic E-state index is -0.342. The van der Waals surface area contributed by atoms with E-state index in [2.05, 4.69) is 30.0 Å². The molecule has 3 aromatic heterocycles. The Morgan fingerprint density at radius 1 is 1.38 bits per heavy atom. The van der Waals surface area contributed by atoms with Crippen LogP contribution in [-0.2, 0) is 14.3 Å². The highest BCUT2D eigenvalue weighted by molar-refractivity contribution is 7.14. The van der Waals surface area contributed by atoms with Crippen molar-refractivity contribution in [2.75, 3.05) is 12.4 Å². The second kappa shape index (κ2) is 5.68. The van der Waals surface area contributed by atoms with E-state index in [1.807, 2.05) is 11.4 Å². The molecule has 3 heterocycles. The molecule has 1 aliphatic rings. The maximum Gasteiger partial charge on any atom is 0.309 e. The minimum Gasteiger partial charge on any atom is -0.469 e. The van der Waals surface area contributed by atoms with Crippen LogP contribution in [0, 0.1) is 11.8 Å². The molecule has 0 spiro atoms. The van der Waals surface area contributed by atoms with Gasteiger partial charge in [-0.2, -0.15) is 0 Å². The molecule has 0 bridgehead atoms. The third-order valence-corrected chi connectivity index (χ3v) is 4.72. The van der Waals surface area contributed by atoms with Gasteiger partial charge in [-0.25, -0.2) is 15.0 Å². The third kappa shape index (κ3) is 2.52. The SMILES string of the molecule is COC(=O)[C@H]1C[C@H]1C(=O)Nc1nc(-c2ncnc3[nH]ccc23)cs1. The number of carbonyl (C=O) groups excluding carboxylic acids is 2. The number of aromatic amines is 1. The van der Waals surface area contributed by atoms with Gasteiger partial charge in [0, 0.05) is 17.0 Å². The van der Waals surface area contributed by atoms with Gasteiger partial charge in [-0.15, -0.1) is 11.3 Å². The molecule has 1 fully saturated rings. The lowest BCUT2D eigenvalue weighted by Gasteiger charge is -2.00. The molecule has 24 heavy (non-hydrogen) atoms. The molecule has 0 radical (unpaired) electrons. The summed E-state index contributed by atoms with van der Waals surface area (Å²) in [7, 11) is 1.33. The van der Waals surface area contributed by atoms with Crippen LogP contribution in [0.25, 0.3) is 22.4 Å². The normalized spacial score (nSPS) is 19.2. The van der Waals surface area contributed by atoms with E-state index in [0.29, 0.717) is 22.9 Å². The van der Waals surface area contributed by atoms with Crippen molar-refractivity contribution in [1.29, 1.82) is 0 Å². The fourth-order valence-corrected chi connectivity index (χ4v) is 3.31. The molecule has 9 heteroatoms. The zero-order valence-electron chi connectivity index (χ0n) is 12.6. The Morgan fingerprint density at radius 2 is 2.25 bits per heavy atom. The van der Waals surface area contributed by atoms with E-state index in [9.17, 15) is 9.59 Å². The highest BCUT2D eigenvalue weighted by Crippen LogP contribution is 2.40. The van der Waals surface area contributed by atoms with Crippen LogP contribution in [0.15, 0.2) is 24.0 Å². The van der Waals surface area contributed by atoms with Gasteiger partial charge in [-0.05, 0) is 12.5 Å². The van der Waals surface area contributed by atoms with E-state index < -0.39 is 0 Å². The third-order valence-electron chi connectivity index (χ3n) is 3.96. The summed E-state index contributed by atoms with van der Waals surface area (Å²) >= 11 is 1.31. The molecule has 0 unspecified atom stereocenters. The first-order valence-corrected chi connectivity index (χ1v) is 8.18. The summed E-state index contributed by atoms with van der Waals surface area (Å²) in [5.74, 6) is -1.22. The summed E-state index contributed by atoms with van der Waals surface area (Å²) in [5, 5.41) is 5.93. The number of esters is 1. The van der Waals surface area contributed by atoms with Crippen LogP contribution >= 0.6 is 11.3 Å². The van der Waals surface area contributed by atoms with Crippen LogP contribution in [0.3, 0.4) is 0 Å². The Kier molecular flexibility index (Phi) is 3.49. The van der Waals surface area contributed by atoms with Crippen molar-refractivity contribution in [2.45, 2.75) is 6.42 Å². The Morgan fingerprint density at radius 3 is 3.08 bits per heavy atom. The summed E-state index contributed by atoms with van der Waals surface area (Å²) in [6.07, 6.45) is 3.78. The number of ether oxygens (including phenoxy) is 1. The number of amides is 1. The average Bonchev–Trinajstić information content (AvgIpc) is 3.02. The second-order valence-electron chi connectivity index (χ2n) is 5.46. The van der Waals surface area contributed by atoms with Gasteiger partial charge in [-0.1, -0.05) is 0 Å². The fourth-order valence-electron chi connectivity index (χ4n) is 2.61. The maximum absolute atomic E-state index is 12.1. The van der Waals surface area contributed by atoms with E-state index in [-0.39, 0.29) is 23.7 Å². The number of nitrogens with one attached hydrogen (secondary N) is 2. The number of fused-ring (bicyclic) bond motifs is 1. The van der Waals surface area contributed by atoms with Crippen molar-refractivity contribution in [3.05, 3.63) is 24.0 Å². The molecule has 4 rings (SSSR count). The topological polar surface area (TPSA) is 110 Å². The van der Waals surface area contributed by atoms with Crippen LogP contribution in [0.5, 0.6) is 0 Å². The monoisotopic (exact) mass is 343 g/mol. The van der Waals surface area contributed by atoms with Crippen LogP contribution < -0.4 is 5.32 Å². The number of aromatic nitrogens is 4. The average molecular weight is 343 g/mol. The molecular formula is C15H13N5O3S. The Balaban J connectivity index is 1.51. The highest BCUT2D eigenvalue weighted by Gasteiger charge is 2.49. The first kappa shape index (κ1) is 14.8. The standard InChI is InChI=1S/C15H13N5O3S/c1-23-14(22)9-4-8(9)13(21)20-15-19-10(5-24-15)11-7-2-3-16-12(7)18-6-17-11/h2-3,5-6,8-9H,4H2,1H3,(H,16,17,18)(H,19,20,21)/t8-,9+/m1/s1. The summed E-state index contributed by atoms with van der Waals surface area (Å²) in [6.45, 7) is 0. The van der Waals surface area contributed by atoms with Crippen molar-refractivity contribution < 1.29 is 14.3 Å². The molecular weight excluding hydrogens is 330 g/mol. The number of carbonyl (C=O) groups is 2. The van der Waals surface area contributed by atoms with Gasteiger partial charge < -0.3 is 15.0 Å². The van der Waals surface area contributed by atoms with Gasteiger partial charge in [-0.3, -0.25) is 9.59 Å². The molecule has 3 aromatic rings. The Bertz CT molecular complexity index is 934. The largest absolute Gasteiger partial charge is 0.469 e. The van der Waals surface area contributed by atoms with E-state index in [1.54, 1.807) is 6.20 Å². The van der Waals surface area contributed by atoms with Gasteiger partial charge in [0.15, 0.2) is 5.13 Å². The van der Waals surface area contributed by atoms with Crippen LogP contribution in [-0.4, -0.2) is 38.9 Å². The van der Waals surface area contributed by atoms with Crippen LogP contribution in [0.2, 0.25) is 0 Å². The molecule has 1 aliphatic carbocycles. The van der Waals surface area contributed by atoms with Gasteiger partial charge >= 0.3 is 5.97 Å². The van der Waals surface area contributed by atoms with Crippen molar-refractivity contribution >= 4 is 39.4 Å². The summed E-state index contributed by atoms with van der Waals surface area (Å²) in [5.41, 5.74) is 2.11. The van der Waals surface area contributed by atoms with E-state index in [4.69, 9.17) is 0 Å². The van der Waals surface area contributed by atoms with Gasteiger partial charge in [0.2, 0.25) is 5.91 Å². The molecule has 2 atom stereocenters. The van der Waals surface area contributed by atoms with Crippen molar-refractivity contribution in [3.63, 3.8) is 0 Å². The predicted molar refractivity (Wildman–Crippen MR) is 87.2 cm³/mol. The molecule has 2 N–H and O–H groups in total. The van der Waals surface area contributed by atoms with Crippen LogP contribution in [0.4, 0.5) is 5.13 Å². The molecule has 0 aliphatic heterocycles. The fraction of sp³-hybridized carbons (Fsp3) is 0.267. The lowest BCUT2D eigenvalue weighted by atomic mass is 10.2. The van der Waals surface area contributed by atoms with Crippen molar-refractivity contribution in [3.8, 4) is 11.4 Å². The zero-order chi connectivity index (χ0) is 16.7. The molecule has 1 amide bonds. The predicted octanol–water partition coefficient (Wildman–Crippen LogP) is 1.83. The number of nitrogens with zero attached hydrogens (tertiary/aromatic N) is 3. The number of methoxy groups -OCH3 is 1. The number of hydrogen-bond acceptors (Lipinski definition) is 7. The first-order valence-electron chi connectivity index (χ1n) is 7.30. The van der Waals surface area contributed by atoms with Crippen LogP contribution in [0.1, 0.15) is 6.42 Å². The summed E-state index contributed by atoms with van der Waals surface area (Å²) in [6, 6.07) is 1.88. The molecule has 0 saturated heterocycles. The highest BCUT2D eigenvalue weighted by atomic mass is 32.1. The van der Waals surface area contributed by atoms with Gasteiger partial charge in [0.25, 0.3) is 0 Å². The Labute approximate surface area is 140 Å². The summed E-state index contributed by atoms with van der Waals surface area (Å²) < 4.78 is 4.65. The molecule has 8 nitrogen and oxygen atoms in total. The number of H-pyrrole nitrogens is 1. The first-order chi connectivity index (χ1) is 11.7. The van der Waals surface area contributed by atoms with E-state index >= 15 is 0 Å². The lowest BCUT2D eigenvalue weighted by molar-refractivity contribution is -0.143. The zero-order valence-corrected chi connectivity index (χ0v) is 13.5. The minimum absolute atomic E-state index is 0.208. The van der Waals surface area contributed by atoms with E-state index in [1.165, 1.54) is 24.8 Å². The lowest BCUT2D eigenvalue weighted by Crippen LogP contribution is -2.17. The van der Waals surface area contributed by atoms with Crippen molar-refractivity contribution in [1.82, 2.24) is 19.9 Å². The van der Waals surface area contributed by atoms with Gasteiger partial charge in [0.1, 0.15) is 23.4 Å². The maximum atomic E-state index is 12.1. The number of rotatable bonds is 4. The van der Waals surface area contributed by atoms with Gasteiger partial charge in [0.05, 0.1) is 18.9 Å². The quantitative estimate of drug-likeness (QED) is 0.699. The summed E-state index contributed by atoms with van der Waals surface area (Å²) in [4.78, 5) is 39.4. The van der Waals surface area contributed by atoms with Crippen molar-refractivity contribution in [2.24, 2.45) is 11.8 Å². The number of hydrogen-bond donors (Lipinski definition) is 2. The smallest absolute Gasteiger partial charge is 0.309 e. The second-order valence-corrected chi connectivity index (χ2v) is 6.32. The van der Waals surface area contributed by atoms with E-state index in [0.717, 1.165) is 11.0 Å².